The fourth-order valence-electron chi connectivity index (χ4n) is 22.4. The Bertz CT molecular complexity index is 10300. The first-order valence-electron chi connectivity index (χ1n) is 47.6. The van der Waals surface area contributed by atoms with E-state index in [1.54, 1.807) is 21.3 Å². The summed E-state index contributed by atoms with van der Waals surface area (Å²) in [7, 11) is 5.11. The van der Waals surface area contributed by atoms with E-state index in [-0.39, 0.29) is 0 Å². The van der Waals surface area contributed by atoms with Crippen LogP contribution in [0.4, 0.5) is 0 Å². The maximum atomic E-state index is 6.49. The molecular formula is C129H84N6O6. The van der Waals surface area contributed by atoms with Gasteiger partial charge in [0.1, 0.15) is 45.2 Å². The summed E-state index contributed by atoms with van der Waals surface area (Å²) >= 11 is 0. The summed E-state index contributed by atoms with van der Waals surface area (Å²) in [4.78, 5) is 0. The molecule has 0 amide bonds. The number of hydrogen-bond acceptors (Lipinski definition) is 6. The van der Waals surface area contributed by atoms with Gasteiger partial charge in [-0.05, 0) is 270 Å². The summed E-state index contributed by atoms with van der Waals surface area (Å²) < 4.78 is 49.3. The first-order valence-corrected chi connectivity index (χ1v) is 47.6. The lowest BCUT2D eigenvalue weighted by molar-refractivity contribution is 0.414. The molecule has 0 aliphatic carbocycles. The van der Waals surface area contributed by atoms with Crippen molar-refractivity contribution in [1.29, 1.82) is 0 Å². The van der Waals surface area contributed by atoms with Gasteiger partial charge in [0.2, 0.25) is 0 Å². The molecule has 666 valence electrons. The number of methoxy groups -OCH3 is 3. The maximum Gasteiger partial charge on any atom is 0.159 e. The number of aromatic nitrogens is 6. The number of hydrogen-bond donors (Lipinski definition) is 0. The Labute approximate surface area is 807 Å². The van der Waals surface area contributed by atoms with Crippen LogP contribution < -0.4 is 14.2 Å². The number of para-hydroxylation sites is 10. The Balaban J connectivity index is 0.000000104. The molecule has 0 bridgehead atoms. The minimum atomic E-state index is 0.850. The largest absolute Gasteiger partial charge is 0.497 e. The van der Waals surface area contributed by atoms with Gasteiger partial charge in [0.15, 0.2) is 5.58 Å². The lowest BCUT2D eigenvalue weighted by atomic mass is 10.0. The van der Waals surface area contributed by atoms with Gasteiger partial charge in [-0.1, -0.05) is 212 Å². The summed E-state index contributed by atoms with van der Waals surface area (Å²) in [5.74, 6) is 2.55. The predicted molar refractivity (Wildman–Crippen MR) is 583 cm³/mol. The number of benzene rings is 21. The van der Waals surface area contributed by atoms with Crippen LogP contribution in [-0.2, 0) is 0 Å². The van der Waals surface area contributed by atoms with Crippen LogP contribution in [0.3, 0.4) is 0 Å². The van der Waals surface area contributed by atoms with Crippen molar-refractivity contribution in [3.63, 3.8) is 0 Å². The molecule has 30 aromatic rings. The Morgan fingerprint density at radius 2 is 0.390 bits per heavy atom. The standard InChI is InChI=1S/3C43H28N2O2/c1-46-30-21-19-29(20-22-30)44-37-13-5-2-9-31(37)35-25-27(17-23-39(35)44)28-18-24-40-36(26-28)32-10-3-6-14-38(32)45(40)41-15-8-12-34-33-11-4-7-16-42(33)47-43(34)41;1-46-31-19-16-29(17-20-31)44-38-11-5-2-8-32(38)36-24-27(14-22-40(36)44)28-15-23-41-37(25-28)33-9-3-6-12-39(33)45(41)30-18-21-35-34-10-4-7-13-42(34)47-43(35)26-30;1-46-31-19-16-29(17-20-31)44-38-11-5-2-8-32(38)35-24-27(14-21-40(35)44)28-15-22-41-36(25-28)33-9-3-6-12-39(33)45(41)30-18-23-43-37(26-30)34-10-4-7-13-42(34)47-43/h3*2-26H,1H3. The van der Waals surface area contributed by atoms with Crippen LogP contribution >= 0.6 is 0 Å². The molecule has 12 heteroatoms. The molecule has 0 aliphatic rings. The summed E-state index contributed by atoms with van der Waals surface area (Å²) in [5, 5.41) is 21.6. The van der Waals surface area contributed by atoms with Crippen LogP contribution in [0.1, 0.15) is 0 Å². The van der Waals surface area contributed by atoms with E-state index in [2.05, 4.69) is 410 Å². The fraction of sp³-hybridized carbons (Fsp3) is 0.0233. The van der Waals surface area contributed by atoms with Crippen molar-refractivity contribution in [3.05, 3.63) is 455 Å². The summed E-state index contributed by atoms with van der Waals surface area (Å²) in [6.45, 7) is 0. The Morgan fingerprint density at radius 1 is 0.149 bits per heavy atom. The molecule has 21 aromatic carbocycles. The van der Waals surface area contributed by atoms with Gasteiger partial charge in [-0.2, -0.15) is 0 Å². The normalized spacial score (nSPS) is 11.9. The van der Waals surface area contributed by atoms with E-state index >= 15 is 0 Å². The molecule has 0 saturated carbocycles. The van der Waals surface area contributed by atoms with E-state index < -0.39 is 0 Å². The lowest BCUT2D eigenvalue weighted by Gasteiger charge is -2.10. The minimum absolute atomic E-state index is 0.850. The average Bonchev–Trinajstić information content (AvgIpc) is 1.59. The molecule has 9 aromatic heterocycles. The first-order chi connectivity index (χ1) is 69.8. The number of fused-ring (bicyclic) bond motifs is 27. The maximum absolute atomic E-state index is 6.49. The number of nitrogens with zero attached hydrogens (tertiary/aromatic N) is 6. The monoisotopic (exact) mass is 1810 g/mol. The highest BCUT2D eigenvalue weighted by atomic mass is 16.5. The van der Waals surface area contributed by atoms with Gasteiger partial charge in [0, 0.05) is 131 Å². The SMILES string of the molecule is COc1ccc(-n2c3ccccc3c3cc(-c4ccc5c(c4)c4ccccc4n5-c4ccc5c(c4)oc4ccccc45)ccc32)cc1.COc1ccc(-n2c3ccccc3c3cc(-c4ccc5c(c4)c4ccccc4n5-c4ccc5oc6ccccc6c5c4)ccc32)cc1.COc1ccc(-n2c3ccccc3c3cc(-c4ccc5c(c4)c4ccccc4n5-c4cccc5c4oc4ccccc45)ccc32)cc1. The molecule has 0 atom stereocenters. The third kappa shape index (κ3) is 12.8. The smallest absolute Gasteiger partial charge is 0.159 e. The van der Waals surface area contributed by atoms with Crippen molar-refractivity contribution >= 4 is 197 Å². The average molecular weight is 1810 g/mol. The van der Waals surface area contributed by atoms with Gasteiger partial charge < -0.3 is 54.9 Å². The van der Waals surface area contributed by atoms with Crippen molar-refractivity contribution in [3.8, 4) is 84.8 Å². The van der Waals surface area contributed by atoms with Gasteiger partial charge in [-0.3, -0.25) is 0 Å². The molecule has 0 spiro atoms. The highest BCUT2D eigenvalue weighted by Gasteiger charge is 2.25. The second-order valence-electron chi connectivity index (χ2n) is 36.4. The molecule has 0 radical (unpaired) electrons. The van der Waals surface area contributed by atoms with Crippen molar-refractivity contribution in [2.45, 2.75) is 0 Å². The van der Waals surface area contributed by atoms with Crippen LogP contribution in [0, 0.1) is 0 Å². The molecule has 0 saturated heterocycles. The molecular weight excluding hydrogens is 1730 g/mol. The van der Waals surface area contributed by atoms with E-state index in [1.165, 1.54) is 153 Å². The Kier molecular flexibility index (Phi) is 18.4. The van der Waals surface area contributed by atoms with Crippen LogP contribution in [0.25, 0.3) is 264 Å². The molecule has 141 heavy (non-hydrogen) atoms. The predicted octanol–water partition coefficient (Wildman–Crippen LogP) is 34.4. The van der Waals surface area contributed by atoms with Gasteiger partial charge in [0.05, 0.1) is 93.2 Å². The van der Waals surface area contributed by atoms with Crippen LogP contribution in [-0.4, -0.2) is 48.7 Å². The summed E-state index contributed by atoms with van der Waals surface area (Å²) in [5.41, 5.74) is 33.3. The zero-order valence-electron chi connectivity index (χ0n) is 76.9. The first kappa shape index (κ1) is 80.7. The Hall–Kier alpha value is -18.8. The van der Waals surface area contributed by atoms with Crippen molar-refractivity contribution in [2.24, 2.45) is 0 Å². The number of furan rings is 3. The lowest BCUT2D eigenvalue weighted by Crippen LogP contribution is -1.94. The molecule has 9 heterocycles. The minimum Gasteiger partial charge on any atom is -0.497 e. The zero-order valence-corrected chi connectivity index (χ0v) is 76.9. The van der Waals surface area contributed by atoms with E-state index in [0.717, 1.165) is 128 Å². The molecule has 0 aliphatic heterocycles. The molecule has 0 unspecified atom stereocenters. The van der Waals surface area contributed by atoms with E-state index in [4.69, 9.17) is 27.5 Å². The van der Waals surface area contributed by atoms with E-state index in [9.17, 15) is 0 Å². The second-order valence-corrected chi connectivity index (χ2v) is 36.4. The highest BCUT2D eigenvalue weighted by Crippen LogP contribution is 2.47. The number of ether oxygens (including phenoxy) is 3. The van der Waals surface area contributed by atoms with Gasteiger partial charge >= 0.3 is 0 Å². The Morgan fingerprint density at radius 3 is 0.745 bits per heavy atom. The van der Waals surface area contributed by atoms with E-state index in [1.807, 2.05) is 72.8 Å². The zero-order chi connectivity index (χ0) is 93.2. The third-order valence-corrected chi connectivity index (χ3v) is 28.9. The highest BCUT2D eigenvalue weighted by molar-refractivity contribution is 6.19. The van der Waals surface area contributed by atoms with Gasteiger partial charge in [0.25, 0.3) is 0 Å². The van der Waals surface area contributed by atoms with Crippen molar-refractivity contribution < 1.29 is 27.5 Å². The van der Waals surface area contributed by atoms with E-state index in [0.29, 0.717) is 0 Å². The summed E-state index contributed by atoms with van der Waals surface area (Å²) in [6, 6.07) is 162. The van der Waals surface area contributed by atoms with Crippen LogP contribution in [0.5, 0.6) is 17.2 Å². The van der Waals surface area contributed by atoms with Gasteiger partial charge in [-0.15, -0.1) is 0 Å². The fourth-order valence-corrected chi connectivity index (χ4v) is 22.4. The third-order valence-electron chi connectivity index (χ3n) is 28.9. The second kappa shape index (κ2) is 32.2. The molecule has 12 nitrogen and oxygen atoms in total. The quantitative estimate of drug-likeness (QED) is 0.121. The molecule has 0 N–H and O–H groups in total. The summed E-state index contributed by atoms with van der Waals surface area (Å²) in [6.07, 6.45) is 0. The topological polar surface area (TPSA) is 96.7 Å². The van der Waals surface area contributed by atoms with Crippen LogP contribution in [0.15, 0.2) is 468 Å². The number of rotatable bonds is 12. The molecule has 30 rings (SSSR count). The van der Waals surface area contributed by atoms with Crippen molar-refractivity contribution in [1.82, 2.24) is 27.4 Å². The van der Waals surface area contributed by atoms with Crippen LogP contribution in [0.2, 0.25) is 0 Å². The van der Waals surface area contributed by atoms with Gasteiger partial charge in [-0.25, -0.2) is 0 Å². The molecule has 0 fully saturated rings. The van der Waals surface area contributed by atoms with Crippen molar-refractivity contribution in [2.75, 3.05) is 21.3 Å².